The van der Waals surface area contributed by atoms with Gasteiger partial charge in [0.25, 0.3) is 0 Å². The largest absolute Gasteiger partial charge is 0.468 e. The standard InChI is InChI=1S/C19H22N2O4/c1-24-19(23)17-10-5-11-20(17)14-18(22)21(13-16-9-6-12-25-16)15-7-3-2-4-8-15/h2-4,6-9,12,17H,5,10-11,13-14H2,1H3/t17-/m1/s1. The topological polar surface area (TPSA) is 63.0 Å². The number of nitrogens with zero attached hydrogens (tertiary/aromatic N) is 2. The van der Waals surface area contributed by atoms with Gasteiger partial charge in [-0.2, -0.15) is 0 Å². The van der Waals surface area contributed by atoms with E-state index in [9.17, 15) is 9.59 Å². The molecular weight excluding hydrogens is 320 g/mol. The first-order chi connectivity index (χ1) is 12.2. The highest BCUT2D eigenvalue weighted by Gasteiger charge is 2.33. The van der Waals surface area contributed by atoms with Gasteiger partial charge in [0.1, 0.15) is 11.8 Å². The lowest BCUT2D eigenvalue weighted by molar-refractivity contribution is -0.146. The van der Waals surface area contributed by atoms with Crippen LogP contribution in [0.2, 0.25) is 0 Å². The van der Waals surface area contributed by atoms with Crippen LogP contribution in [0.15, 0.2) is 53.1 Å². The number of ether oxygens (including phenoxy) is 1. The summed E-state index contributed by atoms with van der Waals surface area (Å²) in [7, 11) is 1.38. The van der Waals surface area contributed by atoms with Crippen molar-refractivity contribution in [2.24, 2.45) is 0 Å². The molecule has 2 aromatic rings. The lowest BCUT2D eigenvalue weighted by Gasteiger charge is -2.27. The molecule has 1 atom stereocenters. The zero-order chi connectivity index (χ0) is 17.6. The van der Waals surface area contributed by atoms with Crippen molar-refractivity contribution in [3.63, 3.8) is 0 Å². The number of para-hydroxylation sites is 1. The third-order valence-electron chi connectivity index (χ3n) is 4.44. The summed E-state index contributed by atoms with van der Waals surface area (Å²) >= 11 is 0. The molecule has 1 aromatic heterocycles. The van der Waals surface area contributed by atoms with Crippen LogP contribution in [0.3, 0.4) is 0 Å². The zero-order valence-corrected chi connectivity index (χ0v) is 14.3. The van der Waals surface area contributed by atoms with E-state index in [1.807, 2.05) is 41.3 Å². The number of esters is 1. The molecule has 2 heterocycles. The van der Waals surface area contributed by atoms with E-state index in [4.69, 9.17) is 9.15 Å². The van der Waals surface area contributed by atoms with Crippen LogP contribution in [0, 0.1) is 0 Å². The Hall–Kier alpha value is -2.60. The smallest absolute Gasteiger partial charge is 0.323 e. The van der Waals surface area contributed by atoms with E-state index in [-0.39, 0.29) is 24.5 Å². The molecule has 1 saturated heterocycles. The van der Waals surface area contributed by atoms with Gasteiger partial charge in [-0.3, -0.25) is 14.5 Å². The second kappa shape index (κ2) is 7.98. The molecule has 0 saturated carbocycles. The Labute approximate surface area is 147 Å². The number of benzene rings is 1. The summed E-state index contributed by atoms with van der Waals surface area (Å²) in [6.45, 7) is 1.25. The van der Waals surface area contributed by atoms with Crippen molar-refractivity contribution in [2.75, 3.05) is 25.1 Å². The van der Waals surface area contributed by atoms with Crippen molar-refractivity contribution >= 4 is 17.6 Å². The number of methoxy groups -OCH3 is 1. The second-order valence-electron chi connectivity index (χ2n) is 6.05. The fraction of sp³-hybridized carbons (Fsp3) is 0.368. The Kier molecular flexibility index (Phi) is 5.50. The Morgan fingerprint density at radius 2 is 2.04 bits per heavy atom. The maximum absolute atomic E-state index is 13.0. The Morgan fingerprint density at radius 1 is 1.24 bits per heavy atom. The maximum Gasteiger partial charge on any atom is 0.323 e. The maximum atomic E-state index is 13.0. The van der Waals surface area contributed by atoms with Crippen LogP contribution < -0.4 is 4.90 Å². The van der Waals surface area contributed by atoms with Crippen LogP contribution in [0.5, 0.6) is 0 Å². The molecule has 1 aromatic carbocycles. The summed E-state index contributed by atoms with van der Waals surface area (Å²) in [6, 6.07) is 12.8. The van der Waals surface area contributed by atoms with Crippen LogP contribution in [0.25, 0.3) is 0 Å². The number of amides is 1. The molecule has 1 fully saturated rings. The molecule has 0 unspecified atom stereocenters. The number of hydrogen-bond acceptors (Lipinski definition) is 5. The molecule has 25 heavy (non-hydrogen) atoms. The number of carbonyl (C=O) groups excluding carboxylic acids is 2. The Morgan fingerprint density at radius 3 is 2.72 bits per heavy atom. The SMILES string of the molecule is COC(=O)[C@H]1CCCN1CC(=O)N(Cc1ccco1)c1ccccc1. The van der Waals surface area contributed by atoms with Crippen LogP contribution in [0.4, 0.5) is 5.69 Å². The number of hydrogen-bond donors (Lipinski definition) is 0. The van der Waals surface area contributed by atoms with Crippen molar-refractivity contribution < 1.29 is 18.7 Å². The Bertz CT molecular complexity index is 699. The fourth-order valence-electron chi connectivity index (χ4n) is 3.17. The predicted octanol–water partition coefficient (Wildman–Crippen LogP) is 2.45. The lowest BCUT2D eigenvalue weighted by Crippen LogP contribution is -2.44. The number of carbonyl (C=O) groups is 2. The summed E-state index contributed by atoms with van der Waals surface area (Å²) in [6.07, 6.45) is 3.21. The lowest BCUT2D eigenvalue weighted by atomic mass is 10.2. The first-order valence-corrected chi connectivity index (χ1v) is 8.38. The van der Waals surface area contributed by atoms with Crippen molar-refractivity contribution in [3.8, 4) is 0 Å². The third-order valence-corrected chi connectivity index (χ3v) is 4.44. The van der Waals surface area contributed by atoms with Crippen LogP contribution in [-0.2, 0) is 20.9 Å². The van der Waals surface area contributed by atoms with Gasteiger partial charge in [0.15, 0.2) is 0 Å². The van der Waals surface area contributed by atoms with E-state index >= 15 is 0 Å². The number of rotatable bonds is 6. The summed E-state index contributed by atoms with van der Waals surface area (Å²) in [4.78, 5) is 28.5. The van der Waals surface area contributed by atoms with Gasteiger partial charge in [-0.05, 0) is 43.7 Å². The molecule has 1 aliphatic rings. The molecule has 0 aliphatic carbocycles. The van der Waals surface area contributed by atoms with Gasteiger partial charge >= 0.3 is 5.97 Å². The molecule has 0 bridgehead atoms. The van der Waals surface area contributed by atoms with Gasteiger partial charge in [0.2, 0.25) is 5.91 Å². The van der Waals surface area contributed by atoms with Crippen molar-refractivity contribution in [3.05, 3.63) is 54.5 Å². The van der Waals surface area contributed by atoms with Crippen molar-refractivity contribution in [1.29, 1.82) is 0 Å². The highest BCUT2D eigenvalue weighted by molar-refractivity contribution is 5.95. The van der Waals surface area contributed by atoms with Crippen molar-refractivity contribution in [1.82, 2.24) is 4.90 Å². The zero-order valence-electron chi connectivity index (χ0n) is 14.3. The fourth-order valence-corrected chi connectivity index (χ4v) is 3.17. The first-order valence-electron chi connectivity index (χ1n) is 8.38. The minimum atomic E-state index is -0.338. The minimum Gasteiger partial charge on any atom is -0.468 e. The van der Waals surface area contributed by atoms with Gasteiger partial charge in [-0.25, -0.2) is 0 Å². The molecule has 6 heteroatoms. The van der Waals surface area contributed by atoms with E-state index in [1.165, 1.54) is 7.11 Å². The van der Waals surface area contributed by atoms with Gasteiger partial charge < -0.3 is 14.1 Å². The van der Waals surface area contributed by atoms with E-state index in [2.05, 4.69) is 0 Å². The summed E-state index contributed by atoms with van der Waals surface area (Å²) in [5, 5.41) is 0. The van der Waals surface area contributed by atoms with Crippen LogP contribution >= 0.6 is 0 Å². The van der Waals surface area contributed by atoms with Crippen LogP contribution in [0.1, 0.15) is 18.6 Å². The summed E-state index contributed by atoms with van der Waals surface area (Å²) in [5.74, 6) is 0.365. The average molecular weight is 342 g/mol. The molecular formula is C19H22N2O4. The molecule has 0 spiro atoms. The average Bonchev–Trinajstić information content (AvgIpc) is 3.31. The first kappa shape index (κ1) is 17.2. The Balaban J connectivity index is 1.76. The van der Waals surface area contributed by atoms with E-state index in [0.717, 1.165) is 25.1 Å². The molecule has 0 N–H and O–H groups in total. The molecule has 1 amide bonds. The predicted molar refractivity (Wildman–Crippen MR) is 93.0 cm³/mol. The molecule has 1 aliphatic heterocycles. The quantitative estimate of drug-likeness (QED) is 0.755. The second-order valence-corrected chi connectivity index (χ2v) is 6.05. The molecule has 6 nitrogen and oxygen atoms in total. The van der Waals surface area contributed by atoms with E-state index < -0.39 is 0 Å². The molecule has 132 valence electrons. The number of anilines is 1. The monoisotopic (exact) mass is 342 g/mol. The molecule has 0 radical (unpaired) electrons. The van der Waals surface area contributed by atoms with E-state index in [0.29, 0.717) is 12.3 Å². The molecule has 3 rings (SSSR count). The van der Waals surface area contributed by atoms with Gasteiger partial charge in [0, 0.05) is 5.69 Å². The summed E-state index contributed by atoms with van der Waals surface area (Å²) in [5.41, 5.74) is 0.803. The van der Waals surface area contributed by atoms with Gasteiger partial charge in [-0.1, -0.05) is 18.2 Å². The van der Waals surface area contributed by atoms with Gasteiger partial charge in [0.05, 0.1) is 26.5 Å². The normalized spacial score (nSPS) is 17.4. The summed E-state index contributed by atoms with van der Waals surface area (Å²) < 4.78 is 10.3. The highest BCUT2D eigenvalue weighted by atomic mass is 16.5. The van der Waals surface area contributed by atoms with E-state index in [1.54, 1.807) is 17.2 Å². The number of furan rings is 1. The van der Waals surface area contributed by atoms with Gasteiger partial charge in [-0.15, -0.1) is 0 Å². The highest BCUT2D eigenvalue weighted by Crippen LogP contribution is 2.21. The van der Waals surface area contributed by atoms with Crippen LogP contribution in [-0.4, -0.2) is 43.0 Å². The third kappa shape index (κ3) is 4.09. The minimum absolute atomic E-state index is 0.0709. The van der Waals surface area contributed by atoms with Crippen molar-refractivity contribution in [2.45, 2.75) is 25.4 Å². The number of likely N-dealkylation sites (tertiary alicyclic amines) is 1.